The molecule has 0 heterocycles. The lowest BCUT2D eigenvalue weighted by molar-refractivity contribution is -0.123. The molecule has 0 radical (unpaired) electrons. The highest BCUT2D eigenvalue weighted by atomic mass is 79.9. The Morgan fingerprint density at radius 2 is 1.68 bits per heavy atom. The number of sulfonamides is 1. The quantitative estimate of drug-likeness (QED) is 0.741. The second kappa shape index (κ2) is 8.07. The van der Waals surface area contributed by atoms with Crippen molar-refractivity contribution in [3.8, 4) is 0 Å². The van der Waals surface area contributed by atoms with E-state index >= 15 is 0 Å². The standard InChI is InChI=1S/C17H18BrFN2O3S/c1-11(13-7-3-4-8-14(13)18)20-17(22)12(2)21-25(23,24)16-10-6-5-9-15(16)19/h3-12,21H,1-2H3,(H,20,22)/t11-,12+/m0/s1. The van der Waals surface area contributed by atoms with E-state index < -0.39 is 32.7 Å². The molecule has 134 valence electrons. The van der Waals surface area contributed by atoms with Crippen LogP contribution in [0.2, 0.25) is 0 Å². The highest BCUT2D eigenvalue weighted by Gasteiger charge is 2.25. The Balaban J connectivity index is 2.08. The first-order chi connectivity index (χ1) is 11.7. The summed E-state index contributed by atoms with van der Waals surface area (Å²) in [6.45, 7) is 3.19. The molecule has 0 unspecified atom stereocenters. The Morgan fingerprint density at radius 3 is 2.32 bits per heavy atom. The van der Waals surface area contributed by atoms with Crippen molar-refractivity contribution in [2.75, 3.05) is 0 Å². The molecule has 0 aliphatic rings. The van der Waals surface area contributed by atoms with Crippen LogP contribution in [0, 0.1) is 5.82 Å². The van der Waals surface area contributed by atoms with Gasteiger partial charge < -0.3 is 5.32 Å². The van der Waals surface area contributed by atoms with Gasteiger partial charge in [-0.05, 0) is 37.6 Å². The van der Waals surface area contributed by atoms with E-state index in [2.05, 4.69) is 26.0 Å². The summed E-state index contributed by atoms with van der Waals surface area (Å²) in [7, 11) is -4.14. The van der Waals surface area contributed by atoms with E-state index in [9.17, 15) is 17.6 Å². The molecule has 0 saturated carbocycles. The van der Waals surface area contributed by atoms with Crippen LogP contribution in [-0.4, -0.2) is 20.4 Å². The molecule has 2 rings (SSSR count). The Hall–Kier alpha value is -1.77. The topological polar surface area (TPSA) is 75.3 Å². The number of rotatable bonds is 6. The van der Waals surface area contributed by atoms with Gasteiger partial charge in [-0.3, -0.25) is 4.79 Å². The van der Waals surface area contributed by atoms with Gasteiger partial charge in [-0.2, -0.15) is 4.72 Å². The predicted molar refractivity (Wildman–Crippen MR) is 96.9 cm³/mol. The Morgan fingerprint density at radius 1 is 1.08 bits per heavy atom. The van der Waals surface area contributed by atoms with Crippen molar-refractivity contribution in [3.63, 3.8) is 0 Å². The van der Waals surface area contributed by atoms with Gasteiger partial charge in [0.05, 0.1) is 12.1 Å². The van der Waals surface area contributed by atoms with Crippen molar-refractivity contribution >= 4 is 31.9 Å². The highest BCUT2D eigenvalue weighted by Crippen LogP contribution is 2.22. The molecular weight excluding hydrogens is 411 g/mol. The fourth-order valence-electron chi connectivity index (χ4n) is 2.25. The zero-order valence-corrected chi connectivity index (χ0v) is 16.1. The summed E-state index contributed by atoms with van der Waals surface area (Å²) >= 11 is 3.41. The molecule has 0 spiro atoms. The smallest absolute Gasteiger partial charge is 0.244 e. The molecule has 0 aliphatic heterocycles. The molecule has 0 aliphatic carbocycles. The monoisotopic (exact) mass is 428 g/mol. The van der Waals surface area contributed by atoms with Crippen molar-refractivity contribution < 1.29 is 17.6 Å². The number of nitrogens with one attached hydrogen (secondary N) is 2. The van der Waals surface area contributed by atoms with Crippen molar-refractivity contribution in [1.82, 2.24) is 10.0 Å². The van der Waals surface area contributed by atoms with Crippen molar-refractivity contribution in [3.05, 3.63) is 64.4 Å². The minimum Gasteiger partial charge on any atom is -0.348 e. The number of halogens is 2. The number of carbonyl (C=O) groups is 1. The van der Waals surface area contributed by atoms with E-state index in [4.69, 9.17) is 0 Å². The molecule has 1 amide bonds. The van der Waals surface area contributed by atoms with Crippen LogP contribution in [0.1, 0.15) is 25.5 Å². The van der Waals surface area contributed by atoms with Crippen LogP contribution in [0.25, 0.3) is 0 Å². The summed E-state index contributed by atoms with van der Waals surface area (Å²) in [4.78, 5) is 11.8. The van der Waals surface area contributed by atoms with Gasteiger partial charge in [0.15, 0.2) is 0 Å². The van der Waals surface area contributed by atoms with Gasteiger partial charge in [0, 0.05) is 4.47 Å². The second-order valence-electron chi connectivity index (χ2n) is 5.53. The maximum atomic E-state index is 13.7. The van der Waals surface area contributed by atoms with Gasteiger partial charge in [-0.1, -0.05) is 46.3 Å². The number of amides is 1. The first kappa shape index (κ1) is 19.6. The van der Waals surface area contributed by atoms with Gasteiger partial charge in [0.2, 0.25) is 15.9 Å². The molecule has 5 nitrogen and oxygen atoms in total. The third kappa shape index (κ3) is 4.87. The Kier molecular flexibility index (Phi) is 6.31. The summed E-state index contributed by atoms with van der Waals surface area (Å²) in [5.74, 6) is -1.38. The van der Waals surface area contributed by atoms with E-state index in [1.54, 1.807) is 6.92 Å². The normalized spacial score (nSPS) is 13.9. The van der Waals surface area contributed by atoms with Crippen molar-refractivity contribution in [1.29, 1.82) is 0 Å². The van der Waals surface area contributed by atoms with Crippen LogP contribution < -0.4 is 10.0 Å². The SMILES string of the molecule is C[C@H](NC(=O)[C@@H](C)NS(=O)(=O)c1ccccc1F)c1ccccc1Br. The molecule has 0 aromatic heterocycles. The number of hydrogen-bond acceptors (Lipinski definition) is 3. The third-order valence-corrected chi connectivity index (χ3v) is 5.88. The maximum Gasteiger partial charge on any atom is 0.244 e. The van der Waals surface area contributed by atoms with Crippen LogP contribution in [0.5, 0.6) is 0 Å². The summed E-state index contributed by atoms with van der Waals surface area (Å²) in [6.07, 6.45) is 0. The molecular formula is C17H18BrFN2O3S. The molecule has 0 saturated heterocycles. The average molecular weight is 429 g/mol. The Labute approximate surface area is 154 Å². The van der Waals surface area contributed by atoms with Crippen LogP contribution in [-0.2, 0) is 14.8 Å². The van der Waals surface area contributed by atoms with Gasteiger partial charge in [0.25, 0.3) is 0 Å². The van der Waals surface area contributed by atoms with E-state index in [1.807, 2.05) is 24.3 Å². The van der Waals surface area contributed by atoms with E-state index in [0.29, 0.717) is 0 Å². The van der Waals surface area contributed by atoms with Crippen LogP contribution in [0.4, 0.5) is 4.39 Å². The average Bonchev–Trinajstić information content (AvgIpc) is 2.54. The van der Waals surface area contributed by atoms with Gasteiger partial charge >= 0.3 is 0 Å². The van der Waals surface area contributed by atoms with Crippen LogP contribution in [0.3, 0.4) is 0 Å². The molecule has 0 bridgehead atoms. The molecule has 25 heavy (non-hydrogen) atoms. The van der Waals surface area contributed by atoms with Crippen molar-refractivity contribution in [2.45, 2.75) is 30.8 Å². The number of benzene rings is 2. The summed E-state index contributed by atoms with van der Waals surface area (Å²) in [6, 6.07) is 11.0. The first-order valence-corrected chi connectivity index (χ1v) is 9.81. The minimum atomic E-state index is -4.14. The molecule has 8 heteroatoms. The van der Waals surface area contributed by atoms with E-state index in [1.165, 1.54) is 19.1 Å². The summed E-state index contributed by atoms with van der Waals surface area (Å²) in [5.41, 5.74) is 0.861. The summed E-state index contributed by atoms with van der Waals surface area (Å²) < 4.78 is 41.2. The van der Waals surface area contributed by atoms with Gasteiger partial charge in [-0.15, -0.1) is 0 Å². The van der Waals surface area contributed by atoms with Gasteiger partial charge in [0.1, 0.15) is 10.7 Å². The third-order valence-electron chi connectivity index (χ3n) is 3.58. The molecule has 0 fully saturated rings. The van der Waals surface area contributed by atoms with E-state index in [-0.39, 0.29) is 6.04 Å². The molecule has 2 atom stereocenters. The number of carbonyl (C=O) groups excluding carboxylic acids is 1. The fourth-order valence-corrected chi connectivity index (χ4v) is 4.16. The molecule has 2 N–H and O–H groups in total. The van der Waals surface area contributed by atoms with Crippen molar-refractivity contribution in [2.24, 2.45) is 0 Å². The Bertz CT molecular complexity index is 874. The van der Waals surface area contributed by atoms with Crippen LogP contribution >= 0.6 is 15.9 Å². The lowest BCUT2D eigenvalue weighted by Gasteiger charge is -2.19. The summed E-state index contributed by atoms with van der Waals surface area (Å²) in [5, 5.41) is 2.74. The maximum absolute atomic E-state index is 13.7. The molecule has 2 aromatic rings. The first-order valence-electron chi connectivity index (χ1n) is 7.54. The zero-order chi connectivity index (χ0) is 18.6. The second-order valence-corrected chi connectivity index (χ2v) is 8.06. The fraction of sp³-hybridized carbons (Fsp3) is 0.235. The molecule has 2 aromatic carbocycles. The number of hydrogen-bond donors (Lipinski definition) is 2. The van der Waals surface area contributed by atoms with Gasteiger partial charge in [-0.25, -0.2) is 12.8 Å². The van der Waals surface area contributed by atoms with E-state index in [0.717, 1.165) is 22.2 Å². The highest BCUT2D eigenvalue weighted by molar-refractivity contribution is 9.10. The zero-order valence-electron chi connectivity index (χ0n) is 13.7. The van der Waals surface area contributed by atoms with Crippen LogP contribution in [0.15, 0.2) is 57.9 Å². The largest absolute Gasteiger partial charge is 0.348 e. The lowest BCUT2D eigenvalue weighted by Crippen LogP contribution is -2.45. The lowest BCUT2D eigenvalue weighted by atomic mass is 10.1. The predicted octanol–water partition coefficient (Wildman–Crippen LogP) is 3.13. The minimum absolute atomic E-state index is 0.330.